The quantitative estimate of drug-likeness (QED) is 0.918. The molecule has 1 heterocycles. The van der Waals surface area contributed by atoms with Crippen LogP contribution < -0.4 is 10.5 Å². The predicted octanol–water partition coefficient (Wildman–Crippen LogP) is 2.00. The van der Waals surface area contributed by atoms with Gasteiger partial charge in [0.05, 0.1) is 13.2 Å². The minimum absolute atomic E-state index is 0. The molecule has 2 atom stereocenters. The monoisotopic (exact) mass is 328 g/mol. The van der Waals surface area contributed by atoms with E-state index in [1.165, 1.54) is 0 Å². The number of halogens is 1. The third-order valence-electron chi connectivity index (χ3n) is 4.19. The van der Waals surface area contributed by atoms with Crippen molar-refractivity contribution >= 4 is 18.3 Å². The van der Waals surface area contributed by atoms with Crippen molar-refractivity contribution in [3.8, 4) is 5.75 Å². The Morgan fingerprint density at radius 1 is 1.41 bits per heavy atom. The number of hydrogen-bond donors (Lipinski definition) is 1. The number of piperidine rings is 1. The van der Waals surface area contributed by atoms with Gasteiger partial charge >= 0.3 is 0 Å². The molecule has 0 bridgehead atoms. The van der Waals surface area contributed by atoms with Gasteiger partial charge in [-0.1, -0.05) is 6.07 Å². The molecule has 0 saturated carbocycles. The lowest BCUT2D eigenvalue weighted by Gasteiger charge is -2.38. The predicted molar refractivity (Wildman–Crippen MR) is 88.9 cm³/mol. The Labute approximate surface area is 138 Å². The van der Waals surface area contributed by atoms with E-state index in [9.17, 15) is 4.79 Å². The number of rotatable bonds is 4. The lowest BCUT2D eigenvalue weighted by atomic mass is 9.98. The highest BCUT2D eigenvalue weighted by Crippen LogP contribution is 2.24. The van der Waals surface area contributed by atoms with Gasteiger partial charge in [0.15, 0.2) is 0 Å². The molecule has 22 heavy (non-hydrogen) atoms. The molecule has 1 aliphatic heterocycles. The standard InChI is InChI=1S/C16H24N2O3.ClH/c1-11-4-5-12(8-15(11)21-3)16(19)18-7-6-14(20-2)9-13(18)10-17;/h4-5,8,13-14H,6-7,9-10,17H2,1-3H3;1H. The van der Waals surface area contributed by atoms with E-state index in [2.05, 4.69) is 0 Å². The van der Waals surface area contributed by atoms with Crippen LogP contribution in [0.4, 0.5) is 0 Å². The molecule has 1 saturated heterocycles. The minimum Gasteiger partial charge on any atom is -0.496 e. The normalized spacial score (nSPS) is 21.2. The highest BCUT2D eigenvalue weighted by molar-refractivity contribution is 5.95. The zero-order valence-electron chi connectivity index (χ0n) is 13.4. The molecule has 1 amide bonds. The maximum absolute atomic E-state index is 12.7. The number of methoxy groups -OCH3 is 2. The summed E-state index contributed by atoms with van der Waals surface area (Å²) >= 11 is 0. The summed E-state index contributed by atoms with van der Waals surface area (Å²) in [5.41, 5.74) is 7.49. The summed E-state index contributed by atoms with van der Waals surface area (Å²) < 4.78 is 10.7. The van der Waals surface area contributed by atoms with Crippen LogP contribution in [-0.2, 0) is 4.74 Å². The molecule has 0 aromatic heterocycles. The Morgan fingerprint density at radius 3 is 2.73 bits per heavy atom. The van der Waals surface area contributed by atoms with Crippen LogP contribution in [0.15, 0.2) is 18.2 Å². The van der Waals surface area contributed by atoms with E-state index >= 15 is 0 Å². The number of hydrogen-bond acceptors (Lipinski definition) is 4. The van der Waals surface area contributed by atoms with E-state index in [1.54, 1.807) is 20.3 Å². The van der Waals surface area contributed by atoms with Crippen molar-refractivity contribution in [1.29, 1.82) is 0 Å². The van der Waals surface area contributed by atoms with Crippen LogP contribution in [0.1, 0.15) is 28.8 Å². The first-order valence-corrected chi connectivity index (χ1v) is 7.29. The van der Waals surface area contributed by atoms with Gasteiger partial charge in [0, 0.05) is 31.8 Å². The summed E-state index contributed by atoms with van der Waals surface area (Å²) in [6.45, 7) is 3.09. The molecule has 2 unspecified atom stereocenters. The number of aryl methyl sites for hydroxylation is 1. The second-order valence-electron chi connectivity index (χ2n) is 5.45. The van der Waals surface area contributed by atoms with Gasteiger partial charge in [-0.05, 0) is 37.5 Å². The molecular formula is C16H25ClN2O3. The van der Waals surface area contributed by atoms with Crippen LogP contribution >= 0.6 is 12.4 Å². The zero-order valence-corrected chi connectivity index (χ0v) is 14.2. The van der Waals surface area contributed by atoms with Crippen molar-refractivity contribution in [3.05, 3.63) is 29.3 Å². The highest BCUT2D eigenvalue weighted by Gasteiger charge is 2.31. The first kappa shape index (κ1) is 18.7. The Hall–Kier alpha value is -1.30. The van der Waals surface area contributed by atoms with Crippen LogP contribution in [0.3, 0.4) is 0 Å². The third kappa shape index (κ3) is 3.91. The molecule has 1 aromatic carbocycles. The average Bonchev–Trinajstić information content (AvgIpc) is 2.54. The molecular weight excluding hydrogens is 304 g/mol. The van der Waals surface area contributed by atoms with Gasteiger partial charge in [-0.2, -0.15) is 0 Å². The van der Waals surface area contributed by atoms with Gasteiger partial charge < -0.3 is 20.1 Å². The Morgan fingerprint density at radius 2 is 2.14 bits per heavy atom. The van der Waals surface area contributed by atoms with Crippen molar-refractivity contribution in [1.82, 2.24) is 4.90 Å². The molecule has 2 rings (SSSR count). The second-order valence-corrected chi connectivity index (χ2v) is 5.45. The Kier molecular flexibility index (Phi) is 7.13. The van der Waals surface area contributed by atoms with Gasteiger partial charge in [-0.15, -0.1) is 12.4 Å². The van der Waals surface area contributed by atoms with E-state index in [4.69, 9.17) is 15.2 Å². The van der Waals surface area contributed by atoms with Crippen molar-refractivity contribution in [2.24, 2.45) is 5.73 Å². The molecule has 6 heteroatoms. The van der Waals surface area contributed by atoms with Gasteiger partial charge in [-0.25, -0.2) is 0 Å². The summed E-state index contributed by atoms with van der Waals surface area (Å²) in [6, 6.07) is 5.58. The summed E-state index contributed by atoms with van der Waals surface area (Å²) in [4.78, 5) is 14.6. The number of nitrogens with two attached hydrogens (primary N) is 1. The SMILES string of the molecule is COc1cc(C(=O)N2CCC(OC)CC2CN)ccc1C.Cl. The Bertz CT molecular complexity index is 510. The van der Waals surface area contributed by atoms with Crippen molar-refractivity contribution < 1.29 is 14.3 Å². The van der Waals surface area contributed by atoms with E-state index < -0.39 is 0 Å². The van der Waals surface area contributed by atoms with E-state index in [0.717, 1.165) is 24.2 Å². The molecule has 0 aliphatic carbocycles. The molecule has 0 radical (unpaired) electrons. The molecule has 2 N–H and O–H groups in total. The fourth-order valence-electron chi connectivity index (χ4n) is 2.84. The summed E-state index contributed by atoms with van der Waals surface area (Å²) in [6.07, 6.45) is 1.83. The number of carbonyl (C=O) groups excluding carboxylic acids is 1. The molecule has 0 spiro atoms. The van der Waals surface area contributed by atoms with E-state index in [0.29, 0.717) is 18.7 Å². The van der Waals surface area contributed by atoms with Crippen molar-refractivity contribution in [2.45, 2.75) is 31.9 Å². The van der Waals surface area contributed by atoms with Gasteiger partial charge in [0.25, 0.3) is 5.91 Å². The maximum atomic E-state index is 12.7. The first-order chi connectivity index (χ1) is 10.1. The van der Waals surface area contributed by atoms with Gasteiger partial charge in [0.2, 0.25) is 0 Å². The summed E-state index contributed by atoms with van der Waals surface area (Å²) in [5, 5.41) is 0. The molecule has 1 aliphatic rings. The summed E-state index contributed by atoms with van der Waals surface area (Å²) in [5.74, 6) is 0.746. The van der Waals surface area contributed by atoms with Crippen LogP contribution in [0.5, 0.6) is 5.75 Å². The molecule has 1 fully saturated rings. The largest absolute Gasteiger partial charge is 0.496 e. The van der Waals surface area contributed by atoms with Crippen molar-refractivity contribution in [3.63, 3.8) is 0 Å². The summed E-state index contributed by atoms with van der Waals surface area (Å²) in [7, 11) is 3.32. The van der Waals surface area contributed by atoms with E-state index in [1.807, 2.05) is 24.0 Å². The van der Waals surface area contributed by atoms with Crippen LogP contribution in [0.25, 0.3) is 0 Å². The molecule has 1 aromatic rings. The maximum Gasteiger partial charge on any atom is 0.254 e. The van der Waals surface area contributed by atoms with Crippen molar-refractivity contribution in [2.75, 3.05) is 27.3 Å². The number of carbonyl (C=O) groups is 1. The smallest absolute Gasteiger partial charge is 0.254 e. The highest BCUT2D eigenvalue weighted by atomic mass is 35.5. The first-order valence-electron chi connectivity index (χ1n) is 7.29. The second kappa shape index (κ2) is 8.36. The van der Waals surface area contributed by atoms with E-state index in [-0.39, 0.29) is 30.5 Å². The van der Waals surface area contributed by atoms with Crippen LogP contribution in [-0.4, -0.2) is 50.3 Å². The van der Waals surface area contributed by atoms with Gasteiger partial charge in [-0.3, -0.25) is 4.79 Å². The fraction of sp³-hybridized carbons (Fsp3) is 0.562. The number of amides is 1. The Balaban J connectivity index is 0.00000242. The third-order valence-corrected chi connectivity index (χ3v) is 4.19. The number of nitrogens with zero attached hydrogens (tertiary/aromatic N) is 1. The lowest BCUT2D eigenvalue weighted by Crippen LogP contribution is -2.51. The zero-order chi connectivity index (χ0) is 15.4. The molecule has 124 valence electrons. The van der Waals surface area contributed by atoms with Gasteiger partial charge in [0.1, 0.15) is 5.75 Å². The lowest BCUT2D eigenvalue weighted by molar-refractivity contribution is 0.0139. The fourth-order valence-corrected chi connectivity index (χ4v) is 2.84. The molecule has 5 nitrogen and oxygen atoms in total. The number of likely N-dealkylation sites (tertiary alicyclic amines) is 1. The number of ether oxygens (including phenoxy) is 2. The van der Waals surface area contributed by atoms with Crippen LogP contribution in [0.2, 0.25) is 0 Å². The minimum atomic E-state index is 0. The number of benzene rings is 1. The van der Waals surface area contributed by atoms with Crippen LogP contribution in [0, 0.1) is 6.92 Å². The topological polar surface area (TPSA) is 64.8 Å². The average molecular weight is 329 g/mol.